The van der Waals surface area contributed by atoms with Crippen LogP contribution in [0.3, 0.4) is 0 Å². The van der Waals surface area contributed by atoms with E-state index in [4.69, 9.17) is 0 Å². The van der Waals surface area contributed by atoms with Crippen LogP contribution in [-0.4, -0.2) is 24.6 Å². The summed E-state index contributed by atoms with van der Waals surface area (Å²) in [6.45, 7) is 0. The number of hydrogen-bond donors (Lipinski definition) is 0. The summed E-state index contributed by atoms with van der Waals surface area (Å²) in [6.07, 6.45) is 5.24. The SMILES string of the molecule is O=C1CCCCC1.[Li]. The average molecular weight is 105 g/mol. The molecule has 2 heteroatoms. The van der Waals surface area contributed by atoms with Crippen molar-refractivity contribution in [3.63, 3.8) is 0 Å². The third-order valence-corrected chi connectivity index (χ3v) is 1.41. The molecule has 1 fully saturated rings. The van der Waals surface area contributed by atoms with Gasteiger partial charge in [-0.05, 0) is 12.8 Å². The molecule has 0 aromatic carbocycles. The Morgan fingerprint density at radius 3 is 1.75 bits per heavy atom. The Balaban J connectivity index is 0.000000490. The van der Waals surface area contributed by atoms with Gasteiger partial charge in [0.1, 0.15) is 5.78 Å². The smallest absolute Gasteiger partial charge is 0.132 e. The molecule has 8 heavy (non-hydrogen) atoms. The van der Waals surface area contributed by atoms with E-state index in [2.05, 4.69) is 0 Å². The van der Waals surface area contributed by atoms with E-state index >= 15 is 0 Å². The van der Waals surface area contributed by atoms with Gasteiger partial charge in [0.15, 0.2) is 0 Å². The van der Waals surface area contributed by atoms with Gasteiger partial charge in [0.25, 0.3) is 0 Å². The van der Waals surface area contributed by atoms with E-state index in [0.29, 0.717) is 5.78 Å². The fourth-order valence-corrected chi connectivity index (χ4v) is 0.946. The number of ketones is 1. The van der Waals surface area contributed by atoms with Crippen molar-refractivity contribution in [1.29, 1.82) is 0 Å². The number of rotatable bonds is 0. The normalized spacial score (nSPS) is 19.8. The van der Waals surface area contributed by atoms with Crippen LogP contribution in [0.1, 0.15) is 32.1 Å². The Labute approximate surface area is 62.0 Å². The number of hydrogen-bond acceptors (Lipinski definition) is 1. The van der Waals surface area contributed by atoms with Crippen LogP contribution in [0.5, 0.6) is 0 Å². The predicted octanol–water partition coefficient (Wildman–Crippen LogP) is 1.14. The largest absolute Gasteiger partial charge is 0.300 e. The molecule has 0 aliphatic heterocycles. The molecule has 0 bridgehead atoms. The molecule has 1 radical (unpaired) electrons. The molecule has 1 aliphatic carbocycles. The van der Waals surface area contributed by atoms with E-state index in [1.807, 2.05) is 0 Å². The van der Waals surface area contributed by atoms with Crippen LogP contribution in [0.15, 0.2) is 0 Å². The molecular formula is C6H10LiO. The Kier molecular flexibility index (Phi) is 4.32. The Morgan fingerprint density at radius 2 is 1.50 bits per heavy atom. The zero-order valence-electron chi connectivity index (χ0n) is 5.44. The van der Waals surface area contributed by atoms with Gasteiger partial charge in [-0.1, -0.05) is 6.42 Å². The van der Waals surface area contributed by atoms with Crippen molar-refractivity contribution in [3.05, 3.63) is 0 Å². The van der Waals surface area contributed by atoms with Crippen LogP contribution in [-0.2, 0) is 4.79 Å². The molecule has 0 N–H and O–H groups in total. The van der Waals surface area contributed by atoms with E-state index in [9.17, 15) is 4.79 Å². The molecule has 1 aliphatic rings. The molecule has 1 nitrogen and oxygen atoms in total. The summed E-state index contributed by atoms with van der Waals surface area (Å²) < 4.78 is 0. The zero-order chi connectivity index (χ0) is 5.11. The third-order valence-electron chi connectivity index (χ3n) is 1.41. The number of Topliss-reactive ketones (excluding diaryl/α,β-unsaturated/α-hetero) is 1. The molecule has 41 valence electrons. The molecule has 0 heterocycles. The average Bonchev–Trinajstić information content (AvgIpc) is 1.69. The molecule has 0 unspecified atom stereocenters. The van der Waals surface area contributed by atoms with Crippen LogP contribution in [0, 0.1) is 0 Å². The number of carbonyl (C=O) groups excluding carboxylic acids is 1. The Bertz CT molecular complexity index is 72.6. The van der Waals surface area contributed by atoms with Gasteiger partial charge in [-0.25, -0.2) is 0 Å². The van der Waals surface area contributed by atoms with E-state index in [-0.39, 0.29) is 18.9 Å². The van der Waals surface area contributed by atoms with E-state index < -0.39 is 0 Å². The topological polar surface area (TPSA) is 17.1 Å². The predicted molar refractivity (Wildman–Crippen MR) is 33.8 cm³/mol. The molecule has 0 saturated heterocycles. The first-order valence-corrected chi connectivity index (χ1v) is 2.91. The van der Waals surface area contributed by atoms with Crippen molar-refractivity contribution < 1.29 is 4.79 Å². The van der Waals surface area contributed by atoms with Crippen molar-refractivity contribution in [1.82, 2.24) is 0 Å². The standard InChI is InChI=1S/C6H10O.Li/c7-6-4-2-1-3-5-6;/h1-5H2;. The van der Waals surface area contributed by atoms with Gasteiger partial charge in [-0.3, -0.25) is 4.79 Å². The molecular weight excluding hydrogens is 95.0 g/mol. The van der Waals surface area contributed by atoms with Crippen molar-refractivity contribution >= 4 is 24.6 Å². The fourth-order valence-electron chi connectivity index (χ4n) is 0.946. The minimum atomic E-state index is 0. The van der Waals surface area contributed by atoms with E-state index in [1.54, 1.807) is 0 Å². The van der Waals surface area contributed by atoms with Gasteiger partial charge in [0, 0.05) is 31.7 Å². The fraction of sp³-hybridized carbons (Fsp3) is 0.833. The molecule has 0 aromatic heterocycles. The van der Waals surface area contributed by atoms with E-state index in [1.165, 1.54) is 6.42 Å². The minimum Gasteiger partial charge on any atom is -0.300 e. The van der Waals surface area contributed by atoms with Crippen LogP contribution in [0.2, 0.25) is 0 Å². The maximum absolute atomic E-state index is 10.5. The van der Waals surface area contributed by atoms with Crippen molar-refractivity contribution in [2.75, 3.05) is 0 Å². The Hall–Kier alpha value is 0.267. The maximum Gasteiger partial charge on any atom is 0.132 e. The third kappa shape index (κ3) is 2.54. The van der Waals surface area contributed by atoms with Crippen molar-refractivity contribution in [2.45, 2.75) is 32.1 Å². The second-order valence-electron chi connectivity index (χ2n) is 2.10. The summed E-state index contributed by atoms with van der Waals surface area (Å²) in [4.78, 5) is 10.5. The van der Waals surface area contributed by atoms with Gasteiger partial charge >= 0.3 is 0 Å². The van der Waals surface area contributed by atoms with Crippen molar-refractivity contribution in [3.8, 4) is 0 Å². The molecule has 1 rings (SSSR count). The summed E-state index contributed by atoms with van der Waals surface area (Å²) in [6, 6.07) is 0. The molecule has 0 spiro atoms. The quantitative estimate of drug-likeness (QED) is 0.422. The zero-order valence-corrected chi connectivity index (χ0v) is 5.44. The summed E-state index contributed by atoms with van der Waals surface area (Å²) in [5.41, 5.74) is 0. The van der Waals surface area contributed by atoms with Crippen LogP contribution >= 0.6 is 0 Å². The van der Waals surface area contributed by atoms with Gasteiger partial charge < -0.3 is 0 Å². The molecule has 0 amide bonds. The van der Waals surface area contributed by atoms with E-state index in [0.717, 1.165) is 25.7 Å². The summed E-state index contributed by atoms with van der Waals surface area (Å²) in [5.74, 6) is 0.464. The second kappa shape index (κ2) is 4.18. The molecule has 0 aromatic rings. The Morgan fingerprint density at radius 1 is 1.00 bits per heavy atom. The van der Waals surface area contributed by atoms with Crippen LogP contribution in [0.25, 0.3) is 0 Å². The summed E-state index contributed by atoms with van der Waals surface area (Å²) in [5, 5.41) is 0. The first-order chi connectivity index (χ1) is 3.39. The van der Waals surface area contributed by atoms with Gasteiger partial charge in [0.2, 0.25) is 0 Å². The first kappa shape index (κ1) is 8.27. The molecule has 1 saturated carbocycles. The summed E-state index contributed by atoms with van der Waals surface area (Å²) in [7, 11) is 0. The van der Waals surface area contributed by atoms with Crippen LogP contribution in [0.4, 0.5) is 0 Å². The second-order valence-corrected chi connectivity index (χ2v) is 2.10. The number of carbonyl (C=O) groups is 1. The maximum atomic E-state index is 10.5. The minimum absolute atomic E-state index is 0. The summed E-state index contributed by atoms with van der Waals surface area (Å²) >= 11 is 0. The van der Waals surface area contributed by atoms with Gasteiger partial charge in [-0.15, -0.1) is 0 Å². The van der Waals surface area contributed by atoms with Crippen LogP contribution < -0.4 is 0 Å². The van der Waals surface area contributed by atoms with Gasteiger partial charge in [0.05, 0.1) is 0 Å². The molecule has 0 atom stereocenters. The monoisotopic (exact) mass is 105 g/mol. The van der Waals surface area contributed by atoms with Gasteiger partial charge in [-0.2, -0.15) is 0 Å². The van der Waals surface area contributed by atoms with Crippen molar-refractivity contribution in [2.24, 2.45) is 0 Å². The first-order valence-electron chi connectivity index (χ1n) is 2.91.